The van der Waals surface area contributed by atoms with Crippen molar-refractivity contribution in [2.45, 2.75) is 6.61 Å². The van der Waals surface area contributed by atoms with Gasteiger partial charge >= 0.3 is 7.82 Å². The van der Waals surface area contributed by atoms with Gasteiger partial charge in [-0.25, -0.2) is 9.82 Å². The van der Waals surface area contributed by atoms with Crippen LogP contribution in [-0.4, -0.2) is 17.3 Å². The molecule has 1 unspecified atom stereocenters. The Bertz CT molecular complexity index is 349. The fourth-order valence-electron chi connectivity index (χ4n) is 0.901. The molecule has 0 radical (unpaired) electrons. The molecule has 0 aromatic heterocycles. The second-order valence-electron chi connectivity index (χ2n) is 2.67. The van der Waals surface area contributed by atoms with E-state index in [4.69, 9.17) is 14.9 Å². The molecule has 0 amide bonds. The maximum absolute atomic E-state index is 10.7. The van der Waals surface area contributed by atoms with Crippen LogP contribution in [-0.2, 0) is 20.4 Å². The highest BCUT2D eigenvalue weighted by Gasteiger charge is 2.20. The van der Waals surface area contributed by atoms with Gasteiger partial charge in [0.25, 0.3) is 0 Å². The average Bonchev–Trinajstić information content (AvgIpc) is 2.27. The van der Waals surface area contributed by atoms with Crippen molar-refractivity contribution >= 4 is 7.82 Å². The van der Waals surface area contributed by atoms with Gasteiger partial charge in [0.15, 0.2) is 0 Å². The highest BCUT2D eigenvalue weighted by atomic mass is 31.2. The van der Waals surface area contributed by atoms with Crippen LogP contribution in [0.25, 0.3) is 0 Å². The highest BCUT2D eigenvalue weighted by molar-refractivity contribution is 7.47. The molecule has 0 spiro atoms. The van der Waals surface area contributed by atoms with Crippen LogP contribution in [0.5, 0.6) is 5.75 Å². The van der Waals surface area contributed by atoms with Gasteiger partial charge in [-0.15, -0.1) is 4.67 Å². The highest BCUT2D eigenvalue weighted by Crippen LogP contribution is 2.42. The minimum absolute atomic E-state index is 0.141. The van der Waals surface area contributed by atoms with Crippen molar-refractivity contribution in [1.29, 1.82) is 0 Å². The second kappa shape index (κ2) is 5.25. The van der Waals surface area contributed by atoms with Crippen molar-refractivity contribution in [3.8, 4) is 5.75 Å². The average molecular weight is 234 g/mol. The van der Waals surface area contributed by atoms with Crippen LogP contribution in [0.15, 0.2) is 24.3 Å². The molecule has 1 aromatic rings. The Balaban J connectivity index is 2.55. The van der Waals surface area contributed by atoms with E-state index in [2.05, 4.69) is 9.20 Å². The van der Waals surface area contributed by atoms with E-state index in [1.165, 1.54) is 7.11 Å². The maximum Gasteiger partial charge on any atom is 0.499 e. The van der Waals surface area contributed by atoms with Gasteiger partial charge in [0.2, 0.25) is 0 Å². The molecule has 1 aromatic carbocycles. The number of hydrogen-bond donors (Lipinski definition) is 2. The number of phosphoric acid groups is 1. The van der Waals surface area contributed by atoms with E-state index in [-0.39, 0.29) is 6.61 Å². The van der Waals surface area contributed by atoms with Crippen LogP contribution < -0.4 is 4.74 Å². The first-order valence-corrected chi connectivity index (χ1v) is 5.50. The summed E-state index contributed by atoms with van der Waals surface area (Å²) in [5.41, 5.74) is 0.655. The summed E-state index contributed by atoms with van der Waals surface area (Å²) in [6.07, 6.45) is 0. The Labute approximate surface area is 86.6 Å². The molecule has 2 N–H and O–H groups in total. The largest absolute Gasteiger partial charge is 0.499 e. The predicted molar refractivity (Wildman–Crippen MR) is 51.3 cm³/mol. The zero-order valence-corrected chi connectivity index (χ0v) is 8.89. The number of benzene rings is 1. The third-order valence-electron chi connectivity index (χ3n) is 1.66. The molecule has 0 aliphatic heterocycles. The van der Waals surface area contributed by atoms with E-state index < -0.39 is 7.82 Å². The molecule has 6 nitrogen and oxygen atoms in total. The van der Waals surface area contributed by atoms with Crippen molar-refractivity contribution < 1.29 is 28.7 Å². The number of ether oxygens (including phenoxy) is 1. The predicted octanol–water partition coefficient (Wildman–Crippen LogP) is 1.80. The summed E-state index contributed by atoms with van der Waals surface area (Å²) in [6.45, 7) is -0.141. The monoisotopic (exact) mass is 234 g/mol. The smallest absolute Gasteiger partial charge is 0.497 e. The van der Waals surface area contributed by atoms with Crippen LogP contribution in [0, 0.1) is 0 Å². The number of methoxy groups -OCH3 is 1. The van der Waals surface area contributed by atoms with Crippen molar-refractivity contribution in [1.82, 2.24) is 0 Å². The van der Waals surface area contributed by atoms with Gasteiger partial charge in [-0.05, 0) is 17.7 Å². The number of phosphoric ester groups is 1. The SMILES string of the molecule is COc1ccc(COP(=O)(O)OO)cc1. The molecule has 15 heavy (non-hydrogen) atoms. The fraction of sp³-hybridized carbons (Fsp3) is 0.250. The van der Waals surface area contributed by atoms with Crippen molar-refractivity contribution in [3.63, 3.8) is 0 Å². The van der Waals surface area contributed by atoms with E-state index in [1.54, 1.807) is 24.3 Å². The lowest BCUT2D eigenvalue weighted by atomic mass is 10.2. The van der Waals surface area contributed by atoms with E-state index in [0.29, 0.717) is 11.3 Å². The summed E-state index contributed by atoms with van der Waals surface area (Å²) < 4.78 is 23.3. The summed E-state index contributed by atoms with van der Waals surface area (Å²) in [7, 11) is -2.80. The van der Waals surface area contributed by atoms with E-state index in [9.17, 15) is 4.57 Å². The zero-order chi connectivity index (χ0) is 11.3. The van der Waals surface area contributed by atoms with Gasteiger partial charge in [-0.3, -0.25) is 4.52 Å². The molecule has 84 valence electrons. The molecule has 1 rings (SSSR count). The van der Waals surface area contributed by atoms with E-state index >= 15 is 0 Å². The Kier molecular flexibility index (Phi) is 4.26. The summed E-state index contributed by atoms with van der Waals surface area (Å²) in [5.74, 6) is 0.671. The Morgan fingerprint density at radius 1 is 1.33 bits per heavy atom. The molecule has 1 atom stereocenters. The van der Waals surface area contributed by atoms with Gasteiger partial charge in [-0.1, -0.05) is 12.1 Å². The maximum atomic E-state index is 10.7. The first kappa shape index (κ1) is 12.2. The lowest BCUT2D eigenvalue weighted by Crippen LogP contribution is -1.93. The fourth-order valence-corrected chi connectivity index (χ4v) is 1.26. The summed E-state index contributed by atoms with van der Waals surface area (Å²) in [5, 5.41) is 8.00. The summed E-state index contributed by atoms with van der Waals surface area (Å²) in [4.78, 5) is 8.72. The first-order valence-electron chi connectivity index (χ1n) is 4.01. The molecule has 0 aliphatic rings. The van der Waals surface area contributed by atoms with Gasteiger partial charge in [0.05, 0.1) is 13.7 Å². The first-order chi connectivity index (χ1) is 7.07. The molecule has 0 fully saturated rings. The normalized spacial score (nSPS) is 14.6. The van der Waals surface area contributed by atoms with Crippen LogP contribution in [0.1, 0.15) is 5.56 Å². The third kappa shape index (κ3) is 3.99. The summed E-state index contributed by atoms with van der Waals surface area (Å²) >= 11 is 0. The van der Waals surface area contributed by atoms with Gasteiger partial charge < -0.3 is 9.63 Å². The molecule has 0 saturated carbocycles. The number of hydrogen-bond acceptors (Lipinski definition) is 5. The minimum Gasteiger partial charge on any atom is -0.497 e. The summed E-state index contributed by atoms with van der Waals surface area (Å²) in [6, 6.07) is 6.69. The van der Waals surface area contributed by atoms with Crippen molar-refractivity contribution in [2.24, 2.45) is 0 Å². The molecular weight excluding hydrogens is 223 g/mol. The lowest BCUT2D eigenvalue weighted by molar-refractivity contribution is -0.163. The standard InChI is InChI=1S/C8H11O6P/c1-12-8-4-2-7(3-5-8)6-13-15(10,11)14-9/h2-5,9H,6H2,1H3,(H,10,11). The molecule has 7 heteroatoms. The van der Waals surface area contributed by atoms with Gasteiger partial charge in [0.1, 0.15) is 5.75 Å². The zero-order valence-electron chi connectivity index (χ0n) is 7.99. The van der Waals surface area contributed by atoms with Crippen molar-refractivity contribution in [2.75, 3.05) is 7.11 Å². The van der Waals surface area contributed by atoms with Crippen LogP contribution in [0.3, 0.4) is 0 Å². The topological polar surface area (TPSA) is 85.2 Å². The third-order valence-corrected chi connectivity index (χ3v) is 2.32. The Hall–Kier alpha value is -0.910. The number of rotatable bonds is 5. The molecule has 0 bridgehead atoms. The molecular formula is C8H11O6P. The second-order valence-corrected chi connectivity index (χ2v) is 4.03. The minimum atomic E-state index is -4.33. The van der Waals surface area contributed by atoms with Crippen LogP contribution in [0.2, 0.25) is 0 Å². The lowest BCUT2D eigenvalue weighted by Gasteiger charge is -2.07. The van der Waals surface area contributed by atoms with E-state index in [1.807, 2.05) is 0 Å². The van der Waals surface area contributed by atoms with Gasteiger partial charge in [-0.2, -0.15) is 0 Å². The quantitative estimate of drug-likeness (QED) is 0.459. The van der Waals surface area contributed by atoms with E-state index in [0.717, 1.165) is 0 Å². The van der Waals surface area contributed by atoms with Crippen molar-refractivity contribution in [3.05, 3.63) is 29.8 Å². The molecule has 0 saturated heterocycles. The molecule has 0 heterocycles. The Morgan fingerprint density at radius 2 is 1.93 bits per heavy atom. The van der Waals surface area contributed by atoms with Gasteiger partial charge in [0, 0.05) is 0 Å². The Morgan fingerprint density at radius 3 is 2.40 bits per heavy atom. The van der Waals surface area contributed by atoms with Crippen LogP contribution in [0.4, 0.5) is 0 Å². The molecule has 0 aliphatic carbocycles. The van der Waals surface area contributed by atoms with Crippen LogP contribution >= 0.6 is 7.82 Å².